The zero-order valence-electron chi connectivity index (χ0n) is 11.4. The molecule has 2 N–H and O–H groups in total. The number of imidazole rings is 1. The van der Waals surface area contributed by atoms with Gasteiger partial charge in [0.2, 0.25) is 0 Å². The van der Waals surface area contributed by atoms with Crippen LogP contribution in [0.1, 0.15) is 51.0 Å². The minimum Gasteiger partial charge on any atom is -0.323 e. The second kappa shape index (κ2) is 4.80. The van der Waals surface area contributed by atoms with Crippen LogP contribution in [-0.2, 0) is 0 Å². The van der Waals surface area contributed by atoms with Gasteiger partial charge in [-0.25, -0.2) is 4.98 Å². The lowest BCUT2D eigenvalue weighted by Crippen LogP contribution is -2.22. The van der Waals surface area contributed by atoms with E-state index < -0.39 is 0 Å². The number of halogens is 1. The highest BCUT2D eigenvalue weighted by molar-refractivity contribution is 6.31. The lowest BCUT2D eigenvalue weighted by atomic mass is 9.99. The molecule has 2 aromatic rings. The Labute approximate surface area is 118 Å². The van der Waals surface area contributed by atoms with Gasteiger partial charge < -0.3 is 10.3 Å². The van der Waals surface area contributed by atoms with E-state index >= 15 is 0 Å². The van der Waals surface area contributed by atoms with Gasteiger partial charge in [-0.1, -0.05) is 31.9 Å². The number of fused-ring (bicyclic) bond motifs is 1. The molecule has 1 aliphatic rings. The molecular weight excluding hydrogens is 258 g/mol. The summed E-state index contributed by atoms with van der Waals surface area (Å²) in [6.07, 6.45) is 3.51. The summed E-state index contributed by atoms with van der Waals surface area (Å²) in [6.45, 7) is 4.36. The van der Waals surface area contributed by atoms with E-state index in [1.807, 2.05) is 18.2 Å². The van der Waals surface area contributed by atoms with Crippen LogP contribution < -0.4 is 5.73 Å². The molecule has 1 aromatic heterocycles. The second-order valence-electron chi connectivity index (χ2n) is 5.62. The van der Waals surface area contributed by atoms with Gasteiger partial charge in [0, 0.05) is 11.1 Å². The molecule has 0 spiro atoms. The fourth-order valence-corrected chi connectivity index (χ4v) is 2.71. The van der Waals surface area contributed by atoms with Gasteiger partial charge in [-0.3, -0.25) is 0 Å². The van der Waals surface area contributed by atoms with Crippen molar-refractivity contribution < 1.29 is 0 Å². The third-order valence-electron chi connectivity index (χ3n) is 4.15. The maximum absolute atomic E-state index is 6.40. The predicted molar refractivity (Wildman–Crippen MR) is 79.4 cm³/mol. The summed E-state index contributed by atoms with van der Waals surface area (Å²) in [5.41, 5.74) is 8.53. The fourth-order valence-electron chi connectivity index (χ4n) is 2.54. The number of nitrogens with two attached hydrogens (primary N) is 1. The molecule has 2 unspecified atom stereocenters. The molecule has 0 radical (unpaired) electrons. The Bertz CT molecular complexity index is 601. The average molecular weight is 278 g/mol. The van der Waals surface area contributed by atoms with E-state index in [-0.39, 0.29) is 6.04 Å². The van der Waals surface area contributed by atoms with Gasteiger partial charge in [0.15, 0.2) is 0 Å². The van der Waals surface area contributed by atoms with Crippen molar-refractivity contribution in [1.82, 2.24) is 9.55 Å². The molecule has 1 saturated carbocycles. The molecule has 1 fully saturated rings. The molecule has 1 aromatic carbocycles. The van der Waals surface area contributed by atoms with Crippen LogP contribution in [0, 0.1) is 5.92 Å². The van der Waals surface area contributed by atoms with Gasteiger partial charge in [0.25, 0.3) is 0 Å². The highest BCUT2D eigenvalue weighted by atomic mass is 35.5. The fraction of sp³-hybridized carbons (Fsp3) is 0.533. The lowest BCUT2D eigenvalue weighted by Gasteiger charge is -2.19. The Kier molecular flexibility index (Phi) is 3.27. The summed E-state index contributed by atoms with van der Waals surface area (Å²) in [5, 5.41) is 0.762. The summed E-state index contributed by atoms with van der Waals surface area (Å²) in [7, 11) is 0. The molecule has 4 heteroatoms. The third-order valence-corrected chi connectivity index (χ3v) is 4.38. The Morgan fingerprint density at radius 2 is 2.21 bits per heavy atom. The van der Waals surface area contributed by atoms with E-state index in [2.05, 4.69) is 18.4 Å². The van der Waals surface area contributed by atoms with Gasteiger partial charge in [-0.2, -0.15) is 0 Å². The molecule has 2 atom stereocenters. The topological polar surface area (TPSA) is 43.8 Å². The van der Waals surface area contributed by atoms with Crippen LogP contribution in [0.3, 0.4) is 0 Å². The van der Waals surface area contributed by atoms with Crippen LogP contribution in [-0.4, -0.2) is 9.55 Å². The van der Waals surface area contributed by atoms with Crippen LogP contribution in [0.4, 0.5) is 0 Å². The van der Waals surface area contributed by atoms with Crippen molar-refractivity contribution in [2.24, 2.45) is 11.7 Å². The first-order chi connectivity index (χ1) is 9.11. The molecule has 3 nitrogen and oxygen atoms in total. The van der Waals surface area contributed by atoms with E-state index in [0.29, 0.717) is 12.0 Å². The molecule has 0 bridgehead atoms. The summed E-state index contributed by atoms with van der Waals surface area (Å²) >= 11 is 6.12. The first-order valence-corrected chi connectivity index (χ1v) is 7.42. The highest BCUT2D eigenvalue weighted by Crippen LogP contribution is 2.41. The zero-order chi connectivity index (χ0) is 13.6. The zero-order valence-corrected chi connectivity index (χ0v) is 12.2. The molecule has 0 amide bonds. The monoisotopic (exact) mass is 277 g/mol. The summed E-state index contributed by atoms with van der Waals surface area (Å²) < 4.78 is 2.32. The van der Waals surface area contributed by atoms with Crippen molar-refractivity contribution in [2.75, 3.05) is 0 Å². The molecule has 102 valence electrons. The van der Waals surface area contributed by atoms with Crippen LogP contribution in [0.25, 0.3) is 11.0 Å². The van der Waals surface area contributed by atoms with Crippen LogP contribution in [0.5, 0.6) is 0 Å². The number of aromatic nitrogens is 2. The molecular formula is C15H20ClN3. The maximum atomic E-state index is 6.40. The van der Waals surface area contributed by atoms with E-state index in [1.54, 1.807) is 0 Å². The quantitative estimate of drug-likeness (QED) is 0.915. The number of nitrogens with zero attached hydrogens (tertiary/aromatic N) is 2. The van der Waals surface area contributed by atoms with E-state index in [0.717, 1.165) is 28.3 Å². The average Bonchev–Trinajstić information content (AvgIpc) is 3.18. The smallest absolute Gasteiger partial charge is 0.127 e. The van der Waals surface area contributed by atoms with Crippen molar-refractivity contribution in [3.63, 3.8) is 0 Å². The first kappa shape index (κ1) is 12.9. The third kappa shape index (κ3) is 2.26. The Hall–Kier alpha value is -1.06. The number of benzene rings is 1. The Balaban J connectivity index is 2.15. The van der Waals surface area contributed by atoms with Crippen LogP contribution in [0.15, 0.2) is 18.2 Å². The normalized spacial score (nSPS) is 18.7. The minimum atomic E-state index is -0.00299. The van der Waals surface area contributed by atoms with Gasteiger partial charge in [0.1, 0.15) is 5.82 Å². The van der Waals surface area contributed by atoms with Crippen molar-refractivity contribution in [1.29, 1.82) is 0 Å². The van der Waals surface area contributed by atoms with Gasteiger partial charge in [-0.05, 0) is 37.0 Å². The second-order valence-corrected chi connectivity index (χ2v) is 6.05. The van der Waals surface area contributed by atoms with Crippen molar-refractivity contribution >= 4 is 22.6 Å². The summed E-state index contributed by atoms with van der Waals surface area (Å²) in [5.74, 6) is 1.46. The lowest BCUT2D eigenvalue weighted by molar-refractivity contribution is 0.425. The standard InChI is InChI=1S/C15H20ClN3/c1-3-9(2)14(17)15-18-12-7-4-10(16)8-13(12)19(15)11-5-6-11/h4,7-9,11,14H,3,5-6,17H2,1-2H3. The molecule has 0 saturated heterocycles. The van der Waals surface area contributed by atoms with E-state index in [1.165, 1.54) is 12.8 Å². The number of hydrogen-bond acceptors (Lipinski definition) is 2. The molecule has 3 rings (SSSR count). The summed E-state index contributed by atoms with van der Waals surface area (Å²) in [6, 6.07) is 6.45. The van der Waals surface area contributed by atoms with Gasteiger partial charge in [0.05, 0.1) is 17.1 Å². The minimum absolute atomic E-state index is 0.00299. The van der Waals surface area contributed by atoms with Gasteiger partial charge >= 0.3 is 0 Å². The molecule has 19 heavy (non-hydrogen) atoms. The van der Waals surface area contributed by atoms with Crippen molar-refractivity contribution in [3.8, 4) is 0 Å². The Morgan fingerprint density at radius 1 is 1.47 bits per heavy atom. The maximum Gasteiger partial charge on any atom is 0.127 e. The summed E-state index contributed by atoms with van der Waals surface area (Å²) in [4.78, 5) is 4.76. The number of rotatable bonds is 4. The molecule has 0 aliphatic heterocycles. The molecule has 1 heterocycles. The van der Waals surface area contributed by atoms with Crippen molar-refractivity contribution in [2.45, 2.75) is 45.2 Å². The van der Waals surface area contributed by atoms with Crippen molar-refractivity contribution in [3.05, 3.63) is 29.0 Å². The highest BCUT2D eigenvalue weighted by Gasteiger charge is 2.31. The largest absolute Gasteiger partial charge is 0.323 e. The Morgan fingerprint density at radius 3 is 2.84 bits per heavy atom. The SMILES string of the molecule is CCC(C)C(N)c1nc2ccc(Cl)cc2n1C1CC1. The van der Waals surface area contributed by atoms with Crippen LogP contribution in [0.2, 0.25) is 5.02 Å². The number of hydrogen-bond donors (Lipinski definition) is 1. The predicted octanol–water partition coefficient (Wildman–Crippen LogP) is 4.07. The van der Waals surface area contributed by atoms with E-state index in [4.69, 9.17) is 22.3 Å². The molecule has 1 aliphatic carbocycles. The van der Waals surface area contributed by atoms with Crippen LogP contribution >= 0.6 is 11.6 Å². The van der Waals surface area contributed by atoms with Gasteiger partial charge in [-0.15, -0.1) is 0 Å². The van der Waals surface area contributed by atoms with E-state index in [9.17, 15) is 0 Å². The first-order valence-electron chi connectivity index (χ1n) is 7.04.